The molecule has 3 aliphatic rings. The Bertz CT molecular complexity index is 158. The van der Waals surface area contributed by atoms with Gasteiger partial charge in [0.25, 0.3) is 0 Å². The minimum atomic E-state index is 0.860. The van der Waals surface area contributed by atoms with Crippen LogP contribution in [0.15, 0.2) is 0 Å². The van der Waals surface area contributed by atoms with Gasteiger partial charge in [0.2, 0.25) is 0 Å². The van der Waals surface area contributed by atoms with Crippen LogP contribution in [0, 0.1) is 5.92 Å². The van der Waals surface area contributed by atoms with E-state index in [9.17, 15) is 0 Å². The lowest BCUT2D eigenvalue weighted by molar-refractivity contribution is 0.139. The van der Waals surface area contributed by atoms with E-state index in [-0.39, 0.29) is 0 Å². The lowest BCUT2D eigenvalue weighted by atomic mass is 9.95. The van der Waals surface area contributed by atoms with Crippen molar-refractivity contribution in [2.75, 3.05) is 33.2 Å². The number of piperidine rings is 1. The van der Waals surface area contributed by atoms with Crippen molar-refractivity contribution >= 4 is 0 Å². The monoisotopic (exact) mass is 168 g/mol. The molecule has 3 heterocycles. The van der Waals surface area contributed by atoms with Gasteiger partial charge in [0, 0.05) is 25.7 Å². The molecule has 0 saturated carbocycles. The van der Waals surface area contributed by atoms with Crippen molar-refractivity contribution in [1.29, 1.82) is 0 Å². The lowest BCUT2D eigenvalue weighted by Crippen LogP contribution is -2.43. The van der Waals surface area contributed by atoms with Gasteiger partial charge in [0.05, 0.1) is 0 Å². The first kappa shape index (κ1) is 8.52. The van der Waals surface area contributed by atoms with Crippen LogP contribution in [0.3, 0.4) is 0 Å². The molecule has 0 radical (unpaired) electrons. The predicted octanol–water partition coefficient (Wildman–Crippen LogP) is 1.03. The zero-order valence-electron chi connectivity index (χ0n) is 8.29. The molecule has 12 heavy (non-hydrogen) atoms. The summed E-state index contributed by atoms with van der Waals surface area (Å²) >= 11 is 0. The average molecular weight is 168 g/mol. The van der Waals surface area contributed by atoms with Gasteiger partial charge >= 0.3 is 0 Å². The molecule has 2 unspecified atom stereocenters. The van der Waals surface area contributed by atoms with Crippen molar-refractivity contribution < 1.29 is 0 Å². The minimum Gasteiger partial charge on any atom is -0.304 e. The Labute approximate surface area is 75.5 Å². The van der Waals surface area contributed by atoms with E-state index in [4.69, 9.17) is 0 Å². The Hall–Kier alpha value is -0.0800. The fourth-order valence-corrected chi connectivity index (χ4v) is 2.80. The second-order valence-electron chi connectivity index (χ2n) is 4.41. The summed E-state index contributed by atoms with van der Waals surface area (Å²) in [6.07, 6.45) is 2.90. The van der Waals surface area contributed by atoms with Crippen molar-refractivity contribution in [3.05, 3.63) is 0 Å². The second-order valence-corrected chi connectivity index (χ2v) is 4.41. The average Bonchev–Trinajstić information content (AvgIpc) is 2.32. The summed E-state index contributed by atoms with van der Waals surface area (Å²) < 4.78 is 0. The maximum atomic E-state index is 2.66. The van der Waals surface area contributed by atoms with Gasteiger partial charge in [-0.15, -0.1) is 0 Å². The summed E-state index contributed by atoms with van der Waals surface area (Å²) in [5, 5.41) is 0. The van der Waals surface area contributed by atoms with E-state index in [1.807, 2.05) is 0 Å². The van der Waals surface area contributed by atoms with E-state index >= 15 is 0 Å². The number of likely N-dealkylation sites (N-methyl/N-ethyl adjacent to an activating group) is 2. The maximum absolute atomic E-state index is 2.66. The van der Waals surface area contributed by atoms with Gasteiger partial charge in [-0.25, -0.2) is 0 Å². The van der Waals surface area contributed by atoms with E-state index in [1.54, 1.807) is 0 Å². The molecule has 3 fully saturated rings. The molecule has 0 aromatic carbocycles. The van der Waals surface area contributed by atoms with Gasteiger partial charge in [0.1, 0.15) is 0 Å². The van der Waals surface area contributed by atoms with Gasteiger partial charge in [-0.2, -0.15) is 0 Å². The largest absolute Gasteiger partial charge is 0.304 e. The first-order valence-electron chi connectivity index (χ1n) is 5.22. The zero-order chi connectivity index (χ0) is 8.55. The van der Waals surface area contributed by atoms with Crippen molar-refractivity contribution in [2.45, 2.75) is 25.8 Å². The van der Waals surface area contributed by atoms with Crippen LogP contribution in [0.2, 0.25) is 0 Å². The zero-order valence-corrected chi connectivity index (χ0v) is 8.29. The van der Waals surface area contributed by atoms with Gasteiger partial charge in [-0.1, -0.05) is 6.92 Å². The lowest BCUT2D eigenvalue weighted by Gasteiger charge is -2.35. The van der Waals surface area contributed by atoms with Crippen molar-refractivity contribution in [3.8, 4) is 0 Å². The van der Waals surface area contributed by atoms with Gasteiger partial charge in [0.15, 0.2) is 0 Å². The Kier molecular flexibility index (Phi) is 2.37. The Morgan fingerprint density at radius 3 is 2.75 bits per heavy atom. The number of nitrogens with zero attached hydrogens (tertiary/aromatic N) is 2. The molecule has 2 atom stereocenters. The molecule has 2 heteroatoms. The van der Waals surface area contributed by atoms with Crippen LogP contribution < -0.4 is 0 Å². The van der Waals surface area contributed by atoms with Crippen LogP contribution in [0.5, 0.6) is 0 Å². The summed E-state index contributed by atoms with van der Waals surface area (Å²) in [6.45, 7) is 7.51. The van der Waals surface area contributed by atoms with Crippen LogP contribution in [0.1, 0.15) is 19.8 Å². The molecular weight excluding hydrogens is 148 g/mol. The highest BCUT2D eigenvalue weighted by molar-refractivity contribution is 4.87. The van der Waals surface area contributed by atoms with Crippen molar-refractivity contribution in [2.24, 2.45) is 5.92 Å². The fourth-order valence-electron chi connectivity index (χ4n) is 2.80. The van der Waals surface area contributed by atoms with E-state index in [2.05, 4.69) is 23.8 Å². The van der Waals surface area contributed by atoms with E-state index in [0.29, 0.717) is 0 Å². The predicted molar refractivity (Wildman–Crippen MR) is 51.3 cm³/mol. The first-order valence-corrected chi connectivity index (χ1v) is 5.22. The van der Waals surface area contributed by atoms with E-state index < -0.39 is 0 Å². The Morgan fingerprint density at radius 1 is 1.17 bits per heavy atom. The topological polar surface area (TPSA) is 6.48 Å². The number of rotatable bonds is 1. The Balaban J connectivity index is 2.07. The molecule has 0 aliphatic carbocycles. The smallest absolute Gasteiger partial charge is 0.0223 e. The summed E-state index contributed by atoms with van der Waals surface area (Å²) in [4.78, 5) is 5.18. The second kappa shape index (κ2) is 3.35. The molecule has 2 nitrogen and oxygen atoms in total. The molecule has 0 N–H and O–H groups in total. The quantitative estimate of drug-likeness (QED) is 0.577. The van der Waals surface area contributed by atoms with Crippen LogP contribution in [-0.4, -0.2) is 49.1 Å². The van der Waals surface area contributed by atoms with Crippen LogP contribution in [0.25, 0.3) is 0 Å². The minimum absolute atomic E-state index is 0.860. The molecule has 2 bridgehead atoms. The SMILES string of the molecule is CCN1CC2CCC1CN(C)C2. The van der Waals surface area contributed by atoms with Gasteiger partial charge < -0.3 is 4.90 Å². The first-order chi connectivity index (χ1) is 5.79. The molecule has 0 amide bonds. The summed E-state index contributed by atoms with van der Waals surface area (Å²) in [5.74, 6) is 0.952. The third-order valence-corrected chi connectivity index (χ3v) is 3.42. The van der Waals surface area contributed by atoms with Crippen LogP contribution in [-0.2, 0) is 0 Å². The normalized spacial score (nSPS) is 38.5. The third-order valence-electron chi connectivity index (χ3n) is 3.42. The molecule has 3 aliphatic heterocycles. The summed E-state index contributed by atoms with van der Waals surface area (Å²) in [6, 6.07) is 0.860. The highest BCUT2D eigenvalue weighted by atomic mass is 15.2. The van der Waals surface area contributed by atoms with Crippen LogP contribution in [0.4, 0.5) is 0 Å². The third kappa shape index (κ3) is 1.50. The van der Waals surface area contributed by atoms with Crippen molar-refractivity contribution in [3.63, 3.8) is 0 Å². The van der Waals surface area contributed by atoms with Gasteiger partial charge in [-0.3, -0.25) is 4.90 Å². The highest BCUT2D eigenvalue weighted by Gasteiger charge is 2.32. The van der Waals surface area contributed by atoms with E-state index in [0.717, 1.165) is 12.0 Å². The molecule has 0 aromatic rings. The number of fused-ring (bicyclic) bond motifs is 4. The molecule has 3 rings (SSSR count). The number of hydrogen-bond acceptors (Lipinski definition) is 2. The highest BCUT2D eigenvalue weighted by Crippen LogP contribution is 2.26. The fraction of sp³-hybridized carbons (Fsp3) is 1.00. The maximum Gasteiger partial charge on any atom is 0.0223 e. The molecule has 70 valence electrons. The molecule has 3 saturated heterocycles. The number of hydrogen-bond donors (Lipinski definition) is 0. The molecular formula is C10H20N2. The van der Waals surface area contributed by atoms with Crippen LogP contribution >= 0.6 is 0 Å². The molecule has 0 aromatic heterocycles. The standard InChI is InChI=1S/C10H20N2/c1-3-12-7-9-4-5-10(12)8-11(2)6-9/h9-10H,3-8H2,1-2H3. The Morgan fingerprint density at radius 2 is 2.00 bits per heavy atom. The van der Waals surface area contributed by atoms with E-state index in [1.165, 1.54) is 39.0 Å². The molecule has 0 spiro atoms. The summed E-state index contributed by atoms with van der Waals surface area (Å²) in [7, 11) is 2.27. The van der Waals surface area contributed by atoms with Crippen molar-refractivity contribution in [1.82, 2.24) is 9.80 Å². The van der Waals surface area contributed by atoms with Gasteiger partial charge in [-0.05, 0) is 32.4 Å². The summed E-state index contributed by atoms with van der Waals surface area (Å²) in [5.41, 5.74) is 0.